The van der Waals surface area contributed by atoms with Gasteiger partial charge in [-0.1, -0.05) is 31.0 Å². The van der Waals surface area contributed by atoms with Gasteiger partial charge in [0, 0.05) is 17.6 Å². The molecule has 1 aliphatic carbocycles. The molecule has 2 N–H and O–H groups in total. The first-order valence-corrected chi connectivity index (χ1v) is 7.42. The van der Waals surface area contributed by atoms with Crippen LogP contribution in [-0.4, -0.2) is 28.7 Å². The van der Waals surface area contributed by atoms with Gasteiger partial charge in [0.25, 0.3) is 0 Å². The maximum absolute atomic E-state index is 12.6. The van der Waals surface area contributed by atoms with Gasteiger partial charge < -0.3 is 10.4 Å². The molecule has 0 spiro atoms. The lowest BCUT2D eigenvalue weighted by atomic mass is 10.0. The van der Waals surface area contributed by atoms with Gasteiger partial charge in [0.2, 0.25) is 0 Å². The molecule has 0 saturated heterocycles. The summed E-state index contributed by atoms with van der Waals surface area (Å²) in [5, 5.41) is 12.5. The predicted molar refractivity (Wildman–Crippen MR) is 79.5 cm³/mol. The Bertz CT molecular complexity index is 579. The zero-order chi connectivity index (χ0) is 15.0. The summed E-state index contributed by atoms with van der Waals surface area (Å²) in [5.41, 5.74) is 1.41. The SMILES string of the molecule is CC1(NC(=O)N2c3ccccc3C[C@H]2C(=O)O)CCCC1. The zero-order valence-electron chi connectivity index (χ0n) is 12.1. The van der Waals surface area contributed by atoms with Crippen molar-refractivity contribution in [2.75, 3.05) is 4.90 Å². The smallest absolute Gasteiger partial charge is 0.327 e. The van der Waals surface area contributed by atoms with Gasteiger partial charge in [0.1, 0.15) is 6.04 Å². The lowest BCUT2D eigenvalue weighted by molar-refractivity contribution is -0.138. The molecule has 21 heavy (non-hydrogen) atoms. The number of carboxylic acid groups (broad SMARTS) is 1. The molecular weight excluding hydrogens is 268 g/mol. The Morgan fingerprint density at radius 1 is 1.29 bits per heavy atom. The summed E-state index contributed by atoms with van der Waals surface area (Å²) in [4.78, 5) is 25.5. The summed E-state index contributed by atoms with van der Waals surface area (Å²) < 4.78 is 0. The number of aliphatic carboxylic acids is 1. The van der Waals surface area contributed by atoms with E-state index in [9.17, 15) is 14.7 Å². The number of hydrogen-bond acceptors (Lipinski definition) is 2. The van der Waals surface area contributed by atoms with Crippen molar-refractivity contribution in [3.8, 4) is 0 Å². The highest BCUT2D eigenvalue weighted by atomic mass is 16.4. The molecule has 1 atom stereocenters. The lowest BCUT2D eigenvalue weighted by Crippen LogP contribution is -2.54. The molecule has 1 fully saturated rings. The zero-order valence-corrected chi connectivity index (χ0v) is 12.1. The van der Waals surface area contributed by atoms with Crippen LogP contribution in [0, 0.1) is 0 Å². The fourth-order valence-electron chi connectivity index (χ4n) is 3.43. The minimum absolute atomic E-state index is 0.211. The molecule has 1 aromatic carbocycles. The van der Waals surface area contributed by atoms with E-state index >= 15 is 0 Å². The Morgan fingerprint density at radius 3 is 2.62 bits per heavy atom. The molecule has 0 aromatic heterocycles. The number of rotatable bonds is 2. The van der Waals surface area contributed by atoms with Crippen molar-refractivity contribution >= 4 is 17.7 Å². The van der Waals surface area contributed by atoms with E-state index in [2.05, 4.69) is 5.32 Å². The van der Waals surface area contributed by atoms with Crippen LogP contribution in [0.15, 0.2) is 24.3 Å². The fraction of sp³-hybridized carbons (Fsp3) is 0.500. The molecular formula is C16H20N2O3. The highest BCUT2D eigenvalue weighted by molar-refractivity contribution is 6.01. The Hall–Kier alpha value is -2.04. The summed E-state index contributed by atoms with van der Waals surface area (Å²) >= 11 is 0. The standard InChI is InChI=1S/C16H20N2O3/c1-16(8-4-5-9-16)17-15(21)18-12-7-3-2-6-11(12)10-13(18)14(19)20/h2-3,6-7,13H,4-5,8-10H2,1H3,(H,17,21)(H,19,20)/t13-/m0/s1. The van der Waals surface area contributed by atoms with Crippen LogP contribution in [0.25, 0.3) is 0 Å². The largest absolute Gasteiger partial charge is 0.480 e. The van der Waals surface area contributed by atoms with Crippen LogP contribution < -0.4 is 10.2 Å². The van der Waals surface area contributed by atoms with Crippen molar-refractivity contribution in [2.45, 2.75) is 50.6 Å². The summed E-state index contributed by atoms with van der Waals surface area (Å²) in [6.45, 7) is 2.04. The highest BCUT2D eigenvalue weighted by Crippen LogP contribution is 2.34. The van der Waals surface area contributed by atoms with Gasteiger partial charge in [-0.3, -0.25) is 4.90 Å². The molecule has 1 aromatic rings. The maximum atomic E-state index is 12.6. The second-order valence-corrected chi connectivity index (χ2v) is 6.25. The van der Waals surface area contributed by atoms with Gasteiger partial charge in [-0.05, 0) is 31.4 Å². The Balaban J connectivity index is 1.87. The molecule has 0 bridgehead atoms. The van der Waals surface area contributed by atoms with Crippen molar-refractivity contribution in [1.29, 1.82) is 0 Å². The lowest BCUT2D eigenvalue weighted by Gasteiger charge is -2.30. The number of nitrogens with one attached hydrogen (secondary N) is 1. The molecule has 2 amide bonds. The fourth-order valence-corrected chi connectivity index (χ4v) is 3.43. The third-order valence-corrected chi connectivity index (χ3v) is 4.60. The maximum Gasteiger partial charge on any atom is 0.327 e. The number of hydrogen-bond donors (Lipinski definition) is 2. The van der Waals surface area contributed by atoms with E-state index < -0.39 is 12.0 Å². The number of benzene rings is 1. The average molecular weight is 288 g/mol. The molecule has 0 radical (unpaired) electrons. The normalized spacial score (nSPS) is 22.9. The van der Waals surface area contributed by atoms with Gasteiger partial charge in [-0.25, -0.2) is 9.59 Å². The summed E-state index contributed by atoms with van der Waals surface area (Å²) in [6.07, 6.45) is 4.49. The third kappa shape index (κ3) is 2.48. The minimum Gasteiger partial charge on any atom is -0.480 e. The third-order valence-electron chi connectivity index (χ3n) is 4.60. The highest BCUT2D eigenvalue weighted by Gasteiger charge is 2.40. The molecule has 3 rings (SSSR count). The number of carboxylic acids is 1. The van der Waals surface area contributed by atoms with Gasteiger partial charge in [0.15, 0.2) is 0 Å². The van der Waals surface area contributed by atoms with E-state index in [1.807, 2.05) is 31.2 Å². The van der Waals surface area contributed by atoms with Gasteiger partial charge in [-0.2, -0.15) is 0 Å². The monoisotopic (exact) mass is 288 g/mol. The molecule has 112 valence electrons. The number of para-hydroxylation sites is 1. The van der Waals surface area contributed by atoms with E-state index in [-0.39, 0.29) is 11.6 Å². The van der Waals surface area contributed by atoms with Crippen LogP contribution in [0.2, 0.25) is 0 Å². The number of urea groups is 1. The van der Waals surface area contributed by atoms with Crippen molar-refractivity contribution in [2.24, 2.45) is 0 Å². The minimum atomic E-state index is -0.960. The molecule has 1 aliphatic heterocycles. The van der Waals surface area contributed by atoms with E-state index in [1.165, 1.54) is 4.90 Å². The van der Waals surface area contributed by atoms with Gasteiger partial charge >= 0.3 is 12.0 Å². The number of fused-ring (bicyclic) bond motifs is 1. The Labute approximate surface area is 123 Å². The van der Waals surface area contributed by atoms with Crippen LogP contribution in [0.1, 0.15) is 38.2 Å². The predicted octanol–water partition coefficient (Wildman–Crippen LogP) is 2.54. The molecule has 1 saturated carbocycles. The Kier molecular flexibility index (Phi) is 3.35. The second kappa shape index (κ2) is 5.06. The van der Waals surface area contributed by atoms with E-state index in [1.54, 1.807) is 0 Å². The van der Waals surface area contributed by atoms with Crippen molar-refractivity contribution in [3.05, 3.63) is 29.8 Å². The van der Waals surface area contributed by atoms with Crippen LogP contribution in [-0.2, 0) is 11.2 Å². The first-order chi connectivity index (χ1) is 10.0. The summed E-state index contributed by atoms with van der Waals surface area (Å²) in [6, 6.07) is 6.30. The van der Waals surface area contributed by atoms with Crippen molar-refractivity contribution in [1.82, 2.24) is 5.32 Å². The number of amides is 2. The summed E-state index contributed by atoms with van der Waals surface area (Å²) in [5.74, 6) is -0.960. The molecule has 1 heterocycles. The molecule has 5 heteroatoms. The van der Waals surface area contributed by atoms with Gasteiger partial charge in [0.05, 0.1) is 0 Å². The average Bonchev–Trinajstić information content (AvgIpc) is 3.02. The van der Waals surface area contributed by atoms with Crippen LogP contribution in [0.5, 0.6) is 0 Å². The van der Waals surface area contributed by atoms with E-state index in [4.69, 9.17) is 0 Å². The molecule has 0 unspecified atom stereocenters. The van der Waals surface area contributed by atoms with Crippen molar-refractivity contribution < 1.29 is 14.7 Å². The topological polar surface area (TPSA) is 69.6 Å². The number of anilines is 1. The van der Waals surface area contributed by atoms with Crippen molar-refractivity contribution in [3.63, 3.8) is 0 Å². The molecule has 5 nitrogen and oxygen atoms in total. The van der Waals surface area contributed by atoms with Crippen LogP contribution >= 0.6 is 0 Å². The number of nitrogens with zero attached hydrogens (tertiary/aromatic N) is 1. The number of carbonyl (C=O) groups excluding carboxylic acids is 1. The quantitative estimate of drug-likeness (QED) is 0.878. The first-order valence-electron chi connectivity index (χ1n) is 7.42. The first kappa shape index (κ1) is 13.9. The van der Waals surface area contributed by atoms with E-state index in [0.29, 0.717) is 12.1 Å². The Morgan fingerprint density at radius 2 is 1.95 bits per heavy atom. The second-order valence-electron chi connectivity index (χ2n) is 6.25. The van der Waals surface area contributed by atoms with Gasteiger partial charge in [-0.15, -0.1) is 0 Å². The molecule has 2 aliphatic rings. The van der Waals surface area contributed by atoms with E-state index in [0.717, 1.165) is 31.2 Å². The van der Waals surface area contributed by atoms with Crippen LogP contribution in [0.3, 0.4) is 0 Å². The van der Waals surface area contributed by atoms with Crippen LogP contribution in [0.4, 0.5) is 10.5 Å². The number of carbonyl (C=O) groups is 2. The summed E-state index contributed by atoms with van der Waals surface area (Å²) in [7, 11) is 0.